The van der Waals surface area contributed by atoms with Crippen LogP contribution in [-0.2, 0) is 0 Å². The largest absolute Gasteiger partial charge is 0.356 e. The molecule has 0 saturated carbocycles. The predicted octanol–water partition coefficient (Wildman–Crippen LogP) is 2.55. The van der Waals surface area contributed by atoms with Crippen molar-refractivity contribution in [3.8, 4) is 11.3 Å². The number of aromatic amines is 1. The van der Waals surface area contributed by atoms with Crippen LogP contribution in [0.25, 0.3) is 27.8 Å². The second-order valence-corrected chi connectivity index (χ2v) is 6.72. The minimum Gasteiger partial charge on any atom is -0.356 e. The molecule has 4 heterocycles. The molecule has 0 saturated heterocycles. The molecule has 4 aromatic heterocycles. The summed E-state index contributed by atoms with van der Waals surface area (Å²) in [5.74, 6) is -0.293. The molecule has 4 rings (SSSR count). The number of H-pyrrole nitrogens is 1. The number of fused-ring (bicyclic) bond motifs is 2. The highest BCUT2D eigenvalue weighted by molar-refractivity contribution is 5.90. The van der Waals surface area contributed by atoms with E-state index in [2.05, 4.69) is 25.2 Å². The SMILES string of the molecule is CN(C)CCN(C)c1n[nH]c2nc(-c3cnn4ccc(F)cc34)c(F)cc12. The fourth-order valence-electron chi connectivity index (χ4n) is 2.98. The molecule has 4 aromatic rings. The molecule has 0 bridgehead atoms. The fraction of sp³-hybridized carbons (Fsp3) is 0.278. The third-order valence-electron chi connectivity index (χ3n) is 4.47. The minimum atomic E-state index is -0.509. The minimum absolute atomic E-state index is 0.106. The third-order valence-corrected chi connectivity index (χ3v) is 4.47. The number of hydrogen-bond acceptors (Lipinski definition) is 5. The number of anilines is 1. The van der Waals surface area contributed by atoms with Crippen molar-refractivity contribution in [2.45, 2.75) is 0 Å². The molecule has 27 heavy (non-hydrogen) atoms. The maximum atomic E-state index is 14.9. The quantitative estimate of drug-likeness (QED) is 0.584. The molecule has 140 valence electrons. The number of likely N-dealkylation sites (N-methyl/N-ethyl adjacent to an activating group) is 2. The second-order valence-electron chi connectivity index (χ2n) is 6.72. The van der Waals surface area contributed by atoms with E-state index in [0.29, 0.717) is 27.9 Å². The van der Waals surface area contributed by atoms with Gasteiger partial charge in [-0.15, -0.1) is 0 Å². The van der Waals surface area contributed by atoms with E-state index in [1.807, 2.05) is 26.0 Å². The maximum Gasteiger partial charge on any atom is 0.159 e. The van der Waals surface area contributed by atoms with Gasteiger partial charge in [-0.2, -0.15) is 10.2 Å². The Morgan fingerprint density at radius 1 is 1.15 bits per heavy atom. The predicted molar refractivity (Wildman–Crippen MR) is 99.8 cm³/mol. The third kappa shape index (κ3) is 3.10. The van der Waals surface area contributed by atoms with Crippen molar-refractivity contribution in [1.82, 2.24) is 29.7 Å². The molecular formula is C18H19F2N7. The highest BCUT2D eigenvalue weighted by Gasteiger charge is 2.19. The Morgan fingerprint density at radius 3 is 2.74 bits per heavy atom. The van der Waals surface area contributed by atoms with E-state index < -0.39 is 11.6 Å². The van der Waals surface area contributed by atoms with E-state index in [1.54, 1.807) is 0 Å². The van der Waals surface area contributed by atoms with Gasteiger partial charge in [-0.25, -0.2) is 18.3 Å². The molecule has 9 heteroatoms. The highest BCUT2D eigenvalue weighted by atomic mass is 19.1. The summed E-state index contributed by atoms with van der Waals surface area (Å²) >= 11 is 0. The van der Waals surface area contributed by atoms with Crippen LogP contribution < -0.4 is 4.90 Å². The van der Waals surface area contributed by atoms with Gasteiger partial charge in [-0.05, 0) is 26.2 Å². The van der Waals surface area contributed by atoms with Gasteiger partial charge < -0.3 is 9.80 Å². The van der Waals surface area contributed by atoms with Crippen molar-refractivity contribution in [3.05, 3.63) is 42.2 Å². The number of pyridine rings is 2. The topological polar surface area (TPSA) is 65.3 Å². The number of hydrogen-bond donors (Lipinski definition) is 1. The Hall–Kier alpha value is -3.07. The number of nitrogens with zero attached hydrogens (tertiary/aromatic N) is 6. The van der Waals surface area contributed by atoms with Crippen molar-refractivity contribution in [3.63, 3.8) is 0 Å². The Kier molecular flexibility index (Phi) is 4.23. The zero-order valence-electron chi connectivity index (χ0n) is 15.2. The van der Waals surface area contributed by atoms with Crippen molar-refractivity contribution in [1.29, 1.82) is 0 Å². The zero-order valence-corrected chi connectivity index (χ0v) is 15.2. The molecule has 0 aromatic carbocycles. The first-order valence-electron chi connectivity index (χ1n) is 8.48. The van der Waals surface area contributed by atoms with E-state index in [1.165, 1.54) is 35.1 Å². The molecule has 0 fully saturated rings. The number of nitrogens with one attached hydrogen (secondary N) is 1. The molecule has 7 nitrogen and oxygen atoms in total. The van der Waals surface area contributed by atoms with Gasteiger partial charge in [0, 0.05) is 38.0 Å². The van der Waals surface area contributed by atoms with Gasteiger partial charge in [-0.3, -0.25) is 5.10 Å². The van der Waals surface area contributed by atoms with Crippen LogP contribution in [0.15, 0.2) is 30.6 Å². The van der Waals surface area contributed by atoms with Gasteiger partial charge in [-0.1, -0.05) is 0 Å². The van der Waals surface area contributed by atoms with Gasteiger partial charge in [0.15, 0.2) is 17.3 Å². The van der Waals surface area contributed by atoms with Crippen molar-refractivity contribution in [2.24, 2.45) is 0 Å². The van der Waals surface area contributed by atoms with Crippen LogP contribution in [0, 0.1) is 11.6 Å². The van der Waals surface area contributed by atoms with Gasteiger partial charge in [0.2, 0.25) is 0 Å². The van der Waals surface area contributed by atoms with E-state index in [-0.39, 0.29) is 5.69 Å². The lowest BCUT2D eigenvalue weighted by Crippen LogP contribution is -2.28. The molecule has 0 atom stereocenters. The van der Waals surface area contributed by atoms with Gasteiger partial charge in [0.05, 0.1) is 17.1 Å². The smallest absolute Gasteiger partial charge is 0.159 e. The summed E-state index contributed by atoms with van der Waals surface area (Å²) in [6, 6.07) is 4.01. The number of aromatic nitrogens is 5. The molecule has 0 amide bonds. The number of rotatable bonds is 5. The van der Waals surface area contributed by atoms with Crippen molar-refractivity contribution < 1.29 is 8.78 Å². The Labute approximate surface area is 154 Å². The van der Waals surface area contributed by atoms with Gasteiger partial charge >= 0.3 is 0 Å². The first kappa shape index (κ1) is 17.3. The van der Waals surface area contributed by atoms with E-state index in [0.717, 1.165) is 13.1 Å². The highest BCUT2D eigenvalue weighted by Crippen LogP contribution is 2.30. The molecule has 1 N–H and O–H groups in total. The summed E-state index contributed by atoms with van der Waals surface area (Å²) in [4.78, 5) is 8.40. The summed E-state index contributed by atoms with van der Waals surface area (Å²) in [5.41, 5.74) is 1.44. The average molecular weight is 371 g/mol. The molecule has 0 radical (unpaired) electrons. The Bertz CT molecular complexity index is 1120. The van der Waals surface area contributed by atoms with Crippen LogP contribution in [0.1, 0.15) is 0 Å². The standard InChI is InChI=1S/C18H19F2N7/c1-25(2)6-7-26(3)18-12-9-14(20)16(22-17(12)23-24-18)13-10-21-27-5-4-11(19)8-15(13)27/h4-5,8-10H,6-7H2,1-3H3,(H,22,23,24). The number of halogens is 2. The van der Waals surface area contributed by atoms with E-state index in [4.69, 9.17) is 0 Å². The van der Waals surface area contributed by atoms with Gasteiger partial charge in [0.1, 0.15) is 11.5 Å². The van der Waals surface area contributed by atoms with Crippen molar-refractivity contribution in [2.75, 3.05) is 39.1 Å². The van der Waals surface area contributed by atoms with E-state index in [9.17, 15) is 8.78 Å². The monoisotopic (exact) mass is 371 g/mol. The van der Waals surface area contributed by atoms with E-state index >= 15 is 0 Å². The maximum absolute atomic E-state index is 14.9. The molecule has 0 aliphatic carbocycles. The molecule has 0 unspecified atom stereocenters. The van der Waals surface area contributed by atoms with Crippen LogP contribution in [0.3, 0.4) is 0 Å². The lowest BCUT2D eigenvalue weighted by molar-refractivity contribution is 0.416. The second kappa shape index (κ2) is 6.58. The van der Waals surface area contributed by atoms with Gasteiger partial charge in [0.25, 0.3) is 0 Å². The normalized spacial score (nSPS) is 11.8. The van der Waals surface area contributed by atoms with Crippen molar-refractivity contribution >= 4 is 22.4 Å². The summed E-state index contributed by atoms with van der Waals surface area (Å²) < 4.78 is 30.0. The van der Waals surface area contributed by atoms with Crippen LogP contribution in [-0.4, -0.2) is 63.9 Å². The van der Waals surface area contributed by atoms with Crippen LogP contribution >= 0.6 is 0 Å². The first-order chi connectivity index (χ1) is 12.9. The van der Waals surface area contributed by atoms with Crippen LogP contribution in [0.2, 0.25) is 0 Å². The summed E-state index contributed by atoms with van der Waals surface area (Å²) in [6.07, 6.45) is 2.96. The molecule has 0 spiro atoms. The molecule has 0 aliphatic heterocycles. The lowest BCUT2D eigenvalue weighted by atomic mass is 10.1. The fourth-order valence-corrected chi connectivity index (χ4v) is 2.98. The Morgan fingerprint density at radius 2 is 1.96 bits per heavy atom. The zero-order chi connectivity index (χ0) is 19.1. The Balaban J connectivity index is 1.78. The average Bonchev–Trinajstić information content (AvgIpc) is 3.22. The summed E-state index contributed by atoms with van der Waals surface area (Å²) in [6.45, 7) is 1.58. The van der Waals surface area contributed by atoms with Crippen LogP contribution in [0.5, 0.6) is 0 Å². The molecule has 0 aliphatic rings. The summed E-state index contributed by atoms with van der Waals surface area (Å²) in [5, 5.41) is 11.9. The molecular weight excluding hydrogens is 352 g/mol. The first-order valence-corrected chi connectivity index (χ1v) is 8.48. The van der Waals surface area contributed by atoms with Crippen LogP contribution in [0.4, 0.5) is 14.6 Å². The lowest BCUT2D eigenvalue weighted by Gasteiger charge is -2.19. The summed E-state index contributed by atoms with van der Waals surface area (Å²) in [7, 11) is 5.88.